The van der Waals surface area contributed by atoms with E-state index in [0.29, 0.717) is 0 Å². The van der Waals surface area contributed by atoms with Gasteiger partial charge in [0.15, 0.2) is 0 Å². The second-order valence-electron chi connectivity index (χ2n) is 5.68. The Labute approximate surface area is 138 Å². The quantitative estimate of drug-likeness (QED) is 0.720. The summed E-state index contributed by atoms with van der Waals surface area (Å²) in [6.45, 7) is 0.721. The van der Waals surface area contributed by atoms with Crippen LogP contribution >= 0.6 is 0 Å². The monoisotopic (exact) mass is 302 g/mol. The lowest BCUT2D eigenvalue weighted by Crippen LogP contribution is -2.30. The van der Waals surface area contributed by atoms with Gasteiger partial charge in [-0.05, 0) is 16.7 Å². The lowest BCUT2D eigenvalue weighted by Gasteiger charge is -2.22. The topological polar surface area (TPSA) is 38.0 Å². The van der Waals surface area contributed by atoms with Crippen LogP contribution in [0.5, 0.6) is 0 Å². The largest absolute Gasteiger partial charge is 0.323 e. The Kier molecular flexibility index (Phi) is 5.20. The summed E-state index contributed by atoms with van der Waals surface area (Å²) in [5, 5.41) is 3.63. The first-order valence-corrected chi connectivity index (χ1v) is 7.98. The minimum absolute atomic E-state index is 0.0221. The van der Waals surface area contributed by atoms with E-state index in [-0.39, 0.29) is 12.1 Å². The molecule has 116 valence electrons. The van der Waals surface area contributed by atoms with Crippen LogP contribution < -0.4 is 11.1 Å². The van der Waals surface area contributed by atoms with E-state index in [4.69, 9.17) is 5.73 Å². The molecule has 0 bridgehead atoms. The molecule has 3 N–H and O–H groups in total. The highest BCUT2D eigenvalue weighted by Gasteiger charge is 2.15. The Morgan fingerprint density at radius 2 is 1.00 bits per heavy atom. The Bertz CT molecular complexity index is 656. The maximum absolute atomic E-state index is 6.34. The van der Waals surface area contributed by atoms with Gasteiger partial charge < -0.3 is 11.1 Å². The van der Waals surface area contributed by atoms with Crippen molar-refractivity contribution in [2.24, 2.45) is 5.73 Å². The van der Waals surface area contributed by atoms with Gasteiger partial charge in [-0.2, -0.15) is 0 Å². The Morgan fingerprint density at radius 3 is 1.43 bits per heavy atom. The number of nitrogens with one attached hydrogen (secondary N) is 1. The SMILES string of the molecule is N[C@H](CNC(c1ccccc1)c1ccccc1)c1ccccc1. The van der Waals surface area contributed by atoms with Crippen LogP contribution in [0.2, 0.25) is 0 Å². The summed E-state index contributed by atoms with van der Waals surface area (Å²) < 4.78 is 0. The van der Waals surface area contributed by atoms with Gasteiger partial charge in [0.1, 0.15) is 0 Å². The number of nitrogens with two attached hydrogens (primary N) is 1. The van der Waals surface area contributed by atoms with Gasteiger partial charge in [-0.25, -0.2) is 0 Å². The molecule has 0 fully saturated rings. The van der Waals surface area contributed by atoms with Gasteiger partial charge >= 0.3 is 0 Å². The van der Waals surface area contributed by atoms with Gasteiger partial charge in [-0.3, -0.25) is 0 Å². The van der Waals surface area contributed by atoms with Crippen molar-refractivity contribution in [3.8, 4) is 0 Å². The summed E-state index contributed by atoms with van der Waals surface area (Å²) in [5.74, 6) is 0. The second kappa shape index (κ2) is 7.73. The molecule has 0 saturated carbocycles. The van der Waals surface area contributed by atoms with Crippen LogP contribution in [0, 0.1) is 0 Å². The normalized spacial score (nSPS) is 12.3. The summed E-state index contributed by atoms with van der Waals surface area (Å²) in [6.07, 6.45) is 0. The molecule has 0 unspecified atom stereocenters. The van der Waals surface area contributed by atoms with Crippen LogP contribution in [0.1, 0.15) is 28.8 Å². The van der Waals surface area contributed by atoms with E-state index in [1.165, 1.54) is 11.1 Å². The molecular weight excluding hydrogens is 280 g/mol. The van der Waals surface area contributed by atoms with Crippen LogP contribution in [-0.2, 0) is 0 Å². The van der Waals surface area contributed by atoms with Crippen molar-refractivity contribution in [2.45, 2.75) is 12.1 Å². The Morgan fingerprint density at radius 1 is 0.609 bits per heavy atom. The van der Waals surface area contributed by atoms with Crippen LogP contribution in [0.15, 0.2) is 91.0 Å². The van der Waals surface area contributed by atoms with E-state index >= 15 is 0 Å². The van der Waals surface area contributed by atoms with Crippen molar-refractivity contribution in [3.63, 3.8) is 0 Å². The van der Waals surface area contributed by atoms with Gasteiger partial charge in [0.05, 0.1) is 6.04 Å². The third kappa shape index (κ3) is 4.07. The smallest absolute Gasteiger partial charge is 0.0577 e. The summed E-state index contributed by atoms with van der Waals surface area (Å²) in [6, 6.07) is 31.3. The fraction of sp³-hybridized carbons (Fsp3) is 0.143. The highest BCUT2D eigenvalue weighted by Crippen LogP contribution is 2.22. The summed E-state index contributed by atoms with van der Waals surface area (Å²) in [5.41, 5.74) is 9.99. The number of hydrogen-bond donors (Lipinski definition) is 2. The molecule has 2 nitrogen and oxygen atoms in total. The van der Waals surface area contributed by atoms with Crippen LogP contribution in [0.3, 0.4) is 0 Å². The van der Waals surface area contributed by atoms with E-state index in [9.17, 15) is 0 Å². The zero-order valence-corrected chi connectivity index (χ0v) is 13.1. The molecule has 3 aromatic carbocycles. The molecule has 0 radical (unpaired) electrons. The predicted octanol–water partition coefficient (Wildman–Crippen LogP) is 4.07. The highest BCUT2D eigenvalue weighted by atomic mass is 14.9. The van der Waals surface area contributed by atoms with Crippen LogP contribution in [0.4, 0.5) is 0 Å². The van der Waals surface area contributed by atoms with Gasteiger partial charge in [0, 0.05) is 12.6 Å². The van der Waals surface area contributed by atoms with Crippen molar-refractivity contribution in [1.29, 1.82) is 0 Å². The average molecular weight is 302 g/mol. The molecular formula is C21H22N2. The molecule has 23 heavy (non-hydrogen) atoms. The summed E-state index contributed by atoms with van der Waals surface area (Å²) in [4.78, 5) is 0. The van der Waals surface area contributed by atoms with Crippen molar-refractivity contribution >= 4 is 0 Å². The van der Waals surface area contributed by atoms with Gasteiger partial charge in [0.25, 0.3) is 0 Å². The molecule has 2 heteroatoms. The molecule has 0 amide bonds. The Hall–Kier alpha value is -2.42. The molecule has 0 aliphatic carbocycles. The molecule has 1 atom stereocenters. The third-order valence-corrected chi connectivity index (χ3v) is 4.04. The molecule has 0 aliphatic heterocycles. The highest BCUT2D eigenvalue weighted by molar-refractivity contribution is 5.31. The second-order valence-corrected chi connectivity index (χ2v) is 5.68. The van der Waals surface area contributed by atoms with Gasteiger partial charge in [0.2, 0.25) is 0 Å². The maximum atomic E-state index is 6.34. The van der Waals surface area contributed by atoms with E-state index < -0.39 is 0 Å². The molecule has 0 aromatic heterocycles. The van der Waals surface area contributed by atoms with E-state index in [2.05, 4.69) is 66.0 Å². The standard InChI is InChI=1S/C21H22N2/c22-20(17-10-4-1-5-11-17)16-23-21(18-12-6-2-7-13-18)19-14-8-3-9-15-19/h1-15,20-21,23H,16,22H2/t20-/m1/s1. The molecule has 3 aromatic rings. The zero-order chi connectivity index (χ0) is 15.9. The fourth-order valence-corrected chi connectivity index (χ4v) is 2.78. The number of rotatable bonds is 6. The fourth-order valence-electron chi connectivity index (χ4n) is 2.78. The lowest BCUT2D eigenvalue weighted by atomic mass is 9.98. The first kappa shape index (κ1) is 15.5. The minimum atomic E-state index is -0.0221. The third-order valence-electron chi connectivity index (χ3n) is 4.04. The maximum Gasteiger partial charge on any atom is 0.0577 e. The van der Waals surface area contributed by atoms with E-state index in [1.54, 1.807) is 0 Å². The molecule has 0 aliphatic rings. The minimum Gasteiger partial charge on any atom is -0.323 e. The van der Waals surface area contributed by atoms with E-state index in [0.717, 1.165) is 12.1 Å². The predicted molar refractivity (Wildman–Crippen MR) is 96.1 cm³/mol. The molecule has 0 saturated heterocycles. The molecule has 0 spiro atoms. The summed E-state index contributed by atoms with van der Waals surface area (Å²) >= 11 is 0. The molecule has 0 heterocycles. The molecule has 3 rings (SSSR count). The van der Waals surface area contributed by atoms with Crippen molar-refractivity contribution < 1.29 is 0 Å². The van der Waals surface area contributed by atoms with Crippen LogP contribution in [0.25, 0.3) is 0 Å². The first-order valence-electron chi connectivity index (χ1n) is 7.98. The van der Waals surface area contributed by atoms with Gasteiger partial charge in [-0.15, -0.1) is 0 Å². The summed E-state index contributed by atoms with van der Waals surface area (Å²) in [7, 11) is 0. The average Bonchev–Trinajstić information content (AvgIpc) is 2.64. The van der Waals surface area contributed by atoms with Crippen molar-refractivity contribution in [1.82, 2.24) is 5.32 Å². The van der Waals surface area contributed by atoms with Gasteiger partial charge in [-0.1, -0.05) is 91.0 Å². The number of hydrogen-bond acceptors (Lipinski definition) is 2. The number of benzene rings is 3. The van der Waals surface area contributed by atoms with E-state index in [1.807, 2.05) is 30.3 Å². The van der Waals surface area contributed by atoms with Crippen molar-refractivity contribution in [2.75, 3.05) is 6.54 Å². The van der Waals surface area contributed by atoms with Crippen molar-refractivity contribution in [3.05, 3.63) is 108 Å². The zero-order valence-electron chi connectivity index (χ0n) is 13.1. The first-order chi connectivity index (χ1) is 11.3. The lowest BCUT2D eigenvalue weighted by molar-refractivity contribution is 0.548. The van der Waals surface area contributed by atoms with Crippen LogP contribution in [-0.4, -0.2) is 6.54 Å². The Balaban J connectivity index is 1.77.